The molecular weight excluding hydrogens is 216 g/mol. The molecular formula is C12H20N4O. The Labute approximate surface area is 102 Å². The molecule has 0 fully saturated rings. The molecule has 0 saturated carbocycles. The summed E-state index contributed by atoms with van der Waals surface area (Å²) < 4.78 is 0. The molecule has 0 spiro atoms. The molecule has 1 aromatic rings. The van der Waals surface area contributed by atoms with E-state index in [0.717, 1.165) is 18.2 Å². The van der Waals surface area contributed by atoms with Crippen molar-refractivity contribution in [2.45, 2.75) is 26.8 Å². The second-order valence-electron chi connectivity index (χ2n) is 4.10. The molecule has 1 amide bonds. The molecule has 0 aliphatic rings. The quantitative estimate of drug-likeness (QED) is 0.779. The fraction of sp³-hybridized carbons (Fsp3) is 0.500. The summed E-state index contributed by atoms with van der Waals surface area (Å²) in [5.41, 5.74) is 5.24. The first kappa shape index (κ1) is 13.3. The van der Waals surface area contributed by atoms with Crippen LogP contribution in [0.3, 0.4) is 0 Å². The topological polar surface area (TPSA) is 71.2 Å². The zero-order valence-electron chi connectivity index (χ0n) is 10.6. The van der Waals surface area contributed by atoms with Crippen LogP contribution in [0.15, 0.2) is 18.2 Å². The Morgan fingerprint density at radius 3 is 2.76 bits per heavy atom. The van der Waals surface area contributed by atoms with Crippen molar-refractivity contribution < 1.29 is 4.79 Å². The van der Waals surface area contributed by atoms with E-state index in [0.29, 0.717) is 0 Å². The molecule has 5 nitrogen and oxygen atoms in total. The number of primary amides is 1. The van der Waals surface area contributed by atoms with E-state index in [-0.39, 0.29) is 18.5 Å². The first-order valence-electron chi connectivity index (χ1n) is 5.80. The van der Waals surface area contributed by atoms with Crippen LogP contribution in [0.2, 0.25) is 0 Å². The van der Waals surface area contributed by atoms with Crippen LogP contribution in [-0.2, 0) is 4.79 Å². The van der Waals surface area contributed by atoms with E-state index in [4.69, 9.17) is 5.73 Å². The molecule has 17 heavy (non-hydrogen) atoms. The van der Waals surface area contributed by atoms with Crippen LogP contribution in [0.5, 0.6) is 0 Å². The summed E-state index contributed by atoms with van der Waals surface area (Å²) >= 11 is 0. The Morgan fingerprint density at radius 1 is 1.53 bits per heavy atom. The minimum Gasteiger partial charge on any atom is -0.370 e. The lowest BCUT2D eigenvalue weighted by atomic mass is 10.3. The third kappa shape index (κ3) is 3.94. The minimum absolute atomic E-state index is 0.173. The van der Waals surface area contributed by atoms with Gasteiger partial charge in [0.1, 0.15) is 11.6 Å². The largest absolute Gasteiger partial charge is 0.370 e. The predicted molar refractivity (Wildman–Crippen MR) is 70.1 cm³/mol. The Bertz CT molecular complexity index is 379. The maximum Gasteiger partial charge on any atom is 0.237 e. The number of carbonyl (C=O) groups excluding carboxylic acids is 1. The normalized spacial score (nSPS) is 10.4. The Balaban J connectivity index is 2.93. The smallest absolute Gasteiger partial charge is 0.237 e. The standard InChI is InChI=1S/C12H20N4O/c1-4-14-11-6-5-7-12(15-11)16(9(2)3)8-10(13)17/h5-7,9H,4,8H2,1-3H3,(H2,13,17)(H,14,15). The van der Waals surface area contributed by atoms with E-state index in [1.807, 2.05) is 43.9 Å². The molecule has 0 aromatic carbocycles. The SMILES string of the molecule is CCNc1cccc(N(CC(N)=O)C(C)C)n1. The van der Waals surface area contributed by atoms with Gasteiger partial charge in [0.05, 0.1) is 6.54 Å². The molecule has 0 atom stereocenters. The summed E-state index contributed by atoms with van der Waals surface area (Å²) in [5, 5.41) is 3.14. The van der Waals surface area contributed by atoms with Crippen molar-refractivity contribution in [1.82, 2.24) is 4.98 Å². The van der Waals surface area contributed by atoms with Crippen LogP contribution in [0.1, 0.15) is 20.8 Å². The molecule has 1 rings (SSSR count). The predicted octanol–water partition coefficient (Wildman–Crippen LogP) is 1.21. The summed E-state index contributed by atoms with van der Waals surface area (Å²) in [6, 6.07) is 5.86. The third-order valence-electron chi connectivity index (χ3n) is 2.34. The fourth-order valence-corrected chi connectivity index (χ4v) is 1.56. The lowest BCUT2D eigenvalue weighted by molar-refractivity contribution is -0.116. The van der Waals surface area contributed by atoms with Gasteiger partial charge in [-0.1, -0.05) is 6.07 Å². The molecule has 0 bridgehead atoms. The number of rotatable bonds is 6. The highest BCUT2D eigenvalue weighted by Crippen LogP contribution is 2.16. The monoisotopic (exact) mass is 236 g/mol. The van der Waals surface area contributed by atoms with Crippen LogP contribution in [0, 0.1) is 0 Å². The molecule has 0 saturated heterocycles. The van der Waals surface area contributed by atoms with E-state index in [2.05, 4.69) is 10.3 Å². The summed E-state index contributed by atoms with van der Waals surface area (Å²) in [4.78, 5) is 17.4. The zero-order valence-corrected chi connectivity index (χ0v) is 10.6. The van der Waals surface area contributed by atoms with E-state index in [1.54, 1.807) is 0 Å². The maximum absolute atomic E-state index is 11.0. The highest BCUT2D eigenvalue weighted by molar-refractivity contribution is 5.79. The number of amides is 1. The lowest BCUT2D eigenvalue weighted by Crippen LogP contribution is -2.39. The van der Waals surface area contributed by atoms with Crippen LogP contribution in [0.4, 0.5) is 11.6 Å². The molecule has 0 unspecified atom stereocenters. The van der Waals surface area contributed by atoms with Crippen LogP contribution in [-0.4, -0.2) is 30.0 Å². The van der Waals surface area contributed by atoms with Gasteiger partial charge in [-0.3, -0.25) is 4.79 Å². The lowest BCUT2D eigenvalue weighted by Gasteiger charge is -2.26. The zero-order chi connectivity index (χ0) is 12.8. The van der Waals surface area contributed by atoms with Gasteiger partial charge in [-0.25, -0.2) is 4.98 Å². The van der Waals surface area contributed by atoms with Crippen LogP contribution in [0.25, 0.3) is 0 Å². The number of aromatic nitrogens is 1. The van der Waals surface area contributed by atoms with E-state index in [9.17, 15) is 4.79 Å². The number of hydrogen-bond acceptors (Lipinski definition) is 4. The van der Waals surface area contributed by atoms with E-state index in [1.165, 1.54) is 0 Å². The first-order valence-corrected chi connectivity index (χ1v) is 5.80. The average Bonchev–Trinajstić information content (AvgIpc) is 2.26. The Hall–Kier alpha value is -1.78. The van der Waals surface area contributed by atoms with Crippen LogP contribution < -0.4 is 16.0 Å². The molecule has 1 aromatic heterocycles. The van der Waals surface area contributed by atoms with Crippen molar-refractivity contribution in [3.05, 3.63) is 18.2 Å². The Morgan fingerprint density at radius 2 is 2.24 bits per heavy atom. The second kappa shape index (κ2) is 6.08. The summed E-state index contributed by atoms with van der Waals surface area (Å²) in [6.07, 6.45) is 0. The first-order chi connectivity index (χ1) is 8.04. The molecule has 0 aliphatic carbocycles. The van der Waals surface area contributed by atoms with Gasteiger partial charge in [0, 0.05) is 12.6 Å². The van der Waals surface area contributed by atoms with Gasteiger partial charge >= 0.3 is 0 Å². The molecule has 1 heterocycles. The summed E-state index contributed by atoms with van der Waals surface area (Å²) in [5.74, 6) is 1.21. The van der Waals surface area contributed by atoms with Gasteiger partial charge in [0.15, 0.2) is 0 Å². The van der Waals surface area contributed by atoms with Gasteiger partial charge < -0.3 is 16.0 Å². The molecule has 5 heteroatoms. The van der Waals surface area contributed by atoms with Crippen molar-refractivity contribution in [1.29, 1.82) is 0 Å². The third-order valence-corrected chi connectivity index (χ3v) is 2.34. The number of nitrogens with zero attached hydrogens (tertiary/aromatic N) is 2. The highest BCUT2D eigenvalue weighted by Gasteiger charge is 2.14. The van der Waals surface area contributed by atoms with Crippen LogP contribution >= 0.6 is 0 Å². The van der Waals surface area contributed by atoms with Crippen molar-refractivity contribution in [2.24, 2.45) is 5.73 Å². The van der Waals surface area contributed by atoms with Gasteiger partial charge in [-0.2, -0.15) is 0 Å². The molecule has 94 valence electrons. The van der Waals surface area contributed by atoms with Gasteiger partial charge in [0.2, 0.25) is 5.91 Å². The van der Waals surface area contributed by atoms with E-state index < -0.39 is 0 Å². The summed E-state index contributed by atoms with van der Waals surface area (Å²) in [6.45, 7) is 7.02. The summed E-state index contributed by atoms with van der Waals surface area (Å²) in [7, 11) is 0. The fourth-order valence-electron chi connectivity index (χ4n) is 1.56. The number of carbonyl (C=O) groups is 1. The van der Waals surface area contributed by atoms with Crippen molar-refractivity contribution >= 4 is 17.5 Å². The average molecular weight is 236 g/mol. The number of anilines is 2. The number of nitrogens with two attached hydrogens (primary N) is 1. The maximum atomic E-state index is 11.0. The van der Waals surface area contributed by atoms with E-state index >= 15 is 0 Å². The van der Waals surface area contributed by atoms with Gasteiger partial charge in [-0.05, 0) is 32.9 Å². The van der Waals surface area contributed by atoms with Crippen molar-refractivity contribution in [3.8, 4) is 0 Å². The van der Waals surface area contributed by atoms with Gasteiger partial charge in [0.25, 0.3) is 0 Å². The molecule has 0 radical (unpaired) electrons. The second-order valence-corrected chi connectivity index (χ2v) is 4.10. The highest BCUT2D eigenvalue weighted by atomic mass is 16.1. The van der Waals surface area contributed by atoms with Gasteiger partial charge in [-0.15, -0.1) is 0 Å². The van der Waals surface area contributed by atoms with Crippen molar-refractivity contribution in [3.63, 3.8) is 0 Å². The number of nitrogens with one attached hydrogen (secondary N) is 1. The molecule has 3 N–H and O–H groups in total. The van der Waals surface area contributed by atoms with Crippen molar-refractivity contribution in [2.75, 3.05) is 23.3 Å². The number of hydrogen-bond donors (Lipinski definition) is 2. The number of pyridine rings is 1. The molecule has 0 aliphatic heterocycles. The minimum atomic E-state index is -0.352. The Kier molecular flexibility index (Phi) is 4.75.